The number of morpholine rings is 1. The summed E-state index contributed by atoms with van der Waals surface area (Å²) in [4.78, 5) is 6.74. The molecule has 0 amide bonds. The fourth-order valence-corrected chi connectivity index (χ4v) is 2.73. The second kappa shape index (κ2) is 5.05. The minimum atomic E-state index is 0.183. The van der Waals surface area contributed by atoms with Crippen molar-refractivity contribution in [2.24, 2.45) is 0 Å². The van der Waals surface area contributed by atoms with Gasteiger partial charge in [0.05, 0.1) is 18.8 Å². The number of ether oxygens (including phenoxy) is 1. The molecular formula is C12H16BrN5O. The lowest BCUT2D eigenvalue weighted by atomic mass is 10.2. The molecule has 2 aromatic rings. The summed E-state index contributed by atoms with van der Waals surface area (Å²) in [5.41, 5.74) is 0.807. The first-order chi connectivity index (χ1) is 9.20. The zero-order valence-electron chi connectivity index (χ0n) is 11.0. The molecule has 1 fully saturated rings. The third-order valence-electron chi connectivity index (χ3n) is 3.43. The number of nitrogens with zero attached hydrogens (tertiary/aromatic N) is 5. The number of alkyl halides is 1. The second-order valence-corrected chi connectivity index (χ2v) is 5.45. The molecule has 0 bridgehead atoms. The van der Waals surface area contributed by atoms with Gasteiger partial charge in [-0.3, -0.25) is 4.40 Å². The molecule has 0 spiro atoms. The Morgan fingerprint density at radius 2 is 2.32 bits per heavy atom. The molecule has 6 nitrogen and oxygen atoms in total. The van der Waals surface area contributed by atoms with E-state index in [4.69, 9.17) is 4.74 Å². The summed E-state index contributed by atoms with van der Waals surface area (Å²) in [6.07, 6.45) is 3.87. The molecule has 102 valence electrons. The summed E-state index contributed by atoms with van der Waals surface area (Å²) < 4.78 is 7.72. The fraction of sp³-hybridized carbons (Fsp3) is 0.583. The van der Waals surface area contributed by atoms with Crippen LogP contribution in [-0.2, 0) is 4.74 Å². The molecule has 3 rings (SSSR count). The van der Waals surface area contributed by atoms with Gasteiger partial charge in [-0.2, -0.15) is 0 Å². The molecule has 0 aromatic carbocycles. The third kappa shape index (κ3) is 2.21. The summed E-state index contributed by atoms with van der Waals surface area (Å²) in [5, 5.41) is 9.18. The van der Waals surface area contributed by atoms with Crippen molar-refractivity contribution in [3.05, 3.63) is 18.2 Å². The zero-order valence-corrected chi connectivity index (χ0v) is 12.5. The lowest BCUT2D eigenvalue weighted by molar-refractivity contribution is 0.0377. The van der Waals surface area contributed by atoms with Gasteiger partial charge in [-0.15, -0.1) is 10.2 Å². The van der Waals surface area contributed by atoms with Gasteiger partial charge >= 0.3 is 0 Å². The largest absolute Gasteiger partial charge is 0.373 e. The lowest BCUT2D eigenvalue weighted by Gasteiger charge is -2.38. The molecule has 19 heavy (non-hydrogen) atoms. The molecule has 1 saturated heterocycles. The first-order valence-corrected chi connectivity index (χ1v) is 7.43. The van der Waals surface area contributed by atoms with Gasteiger partial charge in [-0.25, -0.2) is 4.98 Å². The Kier molecular flexibility index (Phi) is 3.40. The smallest absolute Gasteiger partial charge is 0.203 e. The van der Waals surface area contributed by atoms with Gasteiger partial charge in [0.1, 0.15) is 5.82 Å². The number of anilines is 1. The van der Waals surface area contributed by atoms with Gasteiger partial charge < -0.3 is 9.64 Å². The molecule has 2 unspecified atom stereocenters. The van der Waals surface area contributed by atoms with E-state index in [1.165, 1.54) is 0 Å². The normalized spacial score (nSPS) is 24.1. The van der Waals surface area contributed by atoms with Crippen LogP contribution in [0.5, 0.6) is 0 Å². The summed E-state index contributed by atoms with van der Waals surface area (Å²) in [6.45, 7) is 5.59. The minimum Gasteiger partial charge on any atom is -0.373 e. The fourth-order valence-electron chi connectivity index (χ4n) is 2.34. The molecule has 0 radical (unpaired) electrons. The van der Waals surface area contributed by atoms with Crippen LogP contribution in [0, 0.1) is 6.92 Å². The third-order valence-corrected chi connectivity index (χ3v) is 4.15. The van der Waals surface area contributed by atoms with Gasteiger partial charge in [-0.1, -0.05) is 15.9 Å². The molecule has 1 aliphatic rings. The summed E-state index contributed by atoms with van der Waals surface area (Å²) in [6, 6.07) is 0.283. The molecule has 7 heteroatoms. The van der Waals surface area contributed by atoms with Gasteiger partial charge in [-0.05, 0) is 13.8 Å². The highest BCUT2D eigenvalue weighted by Gasteiger charge is 2.28. The Morgan fingerprint density at radius 1 is 1.47 bits per heavy atom. The maximum Gasteiger partial charge on any atom is 0.203 e. The van der Waals surface area contributed by atoms with Crippen LogP contribution in [0.4, 0.5) is 5.82 Å². The predicted octanol–water partition coefficient (Wildman–Crippen LogP) is 1.42. The van der Waals surface area contributed by atoms with Gasteiger partial charge in [0.15, 0.2) is 5.82 Å². The Balaban J connectivity index is 2.02. The van der Waals surface area contributed by atoms with E-state index in [0.29, 0.717) is 6.61 Å². The van der Waals surface area contributed by atoms with Crippen molar-refractivity contribution in [1.29, 1.82) is 0 Å². The van der Waals surface area contributed by atoms with E-state index in [2.05, 4.69) is 42.9 Å². The average molecular weight is 326 g/mol. The highest BCUT2D eigenvalue weighted by molar-refractivity contribution is 9.09. The van der Waals surface area contributed by atoms with E-state index in [1.807, 2.05) is 17.5 Å². The van der Waals surface area contributed by atoms with Crippen LogP contribution in [0.3, 0.4) is 0 Å². The van der Waals surface area contributed by atoms with Crippen LogP contribution in [0.15, 0.2) is 12.4 Å². The second-order valence-electron chi connectivity index (χ2n) is 4.80. The molecule has 1 aliphatic heterocycles. The number of rotatable bonds is 2. The van der Waals surface area contributed by atoms with E-state index in [0.717, 1.165) is 29.2 Å². The zero-order chi connectivity index (χ0) is 13.4. The van der Waals surface area contributed by atoms with Crippen LogP contribution in [0.2, 0.25) is 0 Å². The highest BCUT2D eigenvalue weighted by Crippen LogP contribution is 2.23. The maximum atomic E-state index is 5.75. The number of hydrogen-bond acceptors (Lipinski definition) is 5. The Labute approximate surface area is 119 Å². The van der Waals surface area contributed by atoms with E-state index in [1.54, 1.807) is 6.20 Å². The predicted molar refractivity (Wildman–Crippen MR) is 75.9 cm³/mol. The molecule has 3 heterocycles. The maximum absolute atomic E-state index is 5.75. The Morgan fingerprint density at radius 3 is 3.11 bits per heavy atom. The highest BCUT2D eigenvalue weighted by atomic mass is 79.9. The van der Waals surface area contributed by atoms with Gasteiger partial charge in [0.25, 0.3) is 0 Å². The average Bonchev–Trinajstić information content (AvgIpc) is 2.81. The van der Waals surface area contributed by atoms with Crippen molar-refractivity contribution in [2.45, 2.75) is 26.0 Å². The van der Waals surface area contributed by atoms with Gasteiger partial charge in [0.2, 0.25) is 5.65 Å². The first kappa shape index (κ1) is 12.8. The number of hydrogen-bond donors (Lipinski definition) is 0. The quantitative estimate of drug-likeness (QED) is 0.782. The van der Waals surface area contributed by atoms with Crippen molar-refractivity contribution in [2.75, 3.05) is 23.4 Å². The van der Waals surface area contributed by atoms with Crippen LogP contribution in [0.1, 0.15) is 12.7 Å². The molecule has 0 aliphatic carbocycles. The standard InChI is InChI=1S/C12H16BrN5O/c1-8-7-19-10(5-13)6-18(8)11-12-16-15-9(2)17(12)4-3-14-11/h3-4,8,10H,5-7H2,1-2H3. The van der Waals surface area contributed by atoms with Gasteiger partial charge in [0, 0.05) is 24.3 Å². The van der Waals surface area contributed by atoms with Crippen LogP contribution < -0.4 is 4.90 Å². The Bertz CT molecular complexity index is 587. The topological polar surface area (TPSA) is 55.5 Å². The summed E-state index contributed by atoms with van der Waals surface area (Å²) in [5.74, 6) is 1.75. The van der Waals surface area contributed by atoms with Crippen molar-refractivity contribution in [3.8, 4) is 0 Å². The molecule has 2 atom stereocenters. The Hall–Kier alpha value is -1.21. The summed E-state index contributed by atoms with van der Waals surface area (Å²) in [7, 11) is 0. The molecule has 0 saturated carbocycles. The van der Waals surface area contributed by atoms with Crippen molar-refractivity contribution in [3.63, 3.8) is 0 Å². The molecule has 0 N–H and O–H groups in total. The van der Waals surface area contributed by atoms with E-state index >= 15 is 0 Å². The van der Waals surface area contributed by atoms with Crippen molar-refractivity contribution < 1.29 is 4.74 Å². The SMILES string of the molecule is Cc1nnc2c(N3CC(CBr)OCC3C)nccn12. The monoisotopic (exact) mass is 325 g/mol. The van der Waals surface area contributed by atoms with E-state index < -0.39 is 0 Å². The van der Waals surface area contributed by atoms with Crippen LogP contribution in [0.25, 0.3) is 5.65 Å². The van der Waals surface area contributed by atoms with E-state index in [9.17, 15) is 0 Å². The van der Waals surface area contributed by atoms with Crippen molar-refractivity contribution in [1.82, 2.24) is 19.6 Å². The number of fused-ring (bicyclic) bond motifs is 1. The lowest BCUT2D eigenvalue weighted by Crippen LogP contribution is -2.49. The van der Waals surface area contributed by atoms with E-state index in [-0.39, 0.29) is 12.1 Å². The van der Waals surface area contributed by atoms with Crippen LogP contribution >= 0.6 is 15.9 Å². The van der Waals surface area contributed by atoms with Crippen molar-refractivity contribution >= 4 is 27.4 Å². The molecule has 2 aromatic heterocycles. The number of aromatic nitrogens is 4. The number of halogens is 1. The molecular weight excluding hydrogens is 310 g/mol. The number of aryl methyl sites for hydroxylation is 1. The summed E-state index contributed by atoms with van der Waals surface area (Å²) >= 11 is 3.48. The van der Waals surface area contributed by atoms with Crippen LogP contribution in [-0.4, -0.2) is 50.2 Å². The first-order valence-electron chi connectivity index (χ1n) is 6.31. The minimum absolute atomic E-state index is 0.183.